The Morgan fingerprint density at radius 1 is 1.17 bits per heavy atom. The summed E-state index contributed by atoms with van der Waals surface area (Å²) in [5.41, 5.74) is 1.76. The summed E-state index contributed by atoms with van der Waals surface area (Å²) in [6, 6.07) is 8.23. The Morgan fingerprint density at radius 2 is 1.83 bits per heavy atom. The number of aromatic nitrogens is 2. The number of imidazole rings is 1. The molecule has 0 unspecified atom stereocenters. The van der Waals surface area contributed by atoms with E-state index in [4.69, 9.17) is 0 Å². The molecule has 1 aromatic carbocycles. The third kappa shape index (κ3) is 4.47. The monoisotopic (exact) mass is 356 g/mol. The fourth-order valence-corrected chi connectivity index (χ4v) is 2.74. The normalized spacial score (nSPS) is 14.7. The van der Waals surface area contributed by atoms with Crippen molar-refractivity contribution in [2.75, 3.05) is 20.1 Å². The number of nitrogens with one attached hydrogen (secondary N) is 1. The summed E-state index contributed by atoms with van der Waals surface area (Å²) in [7, 11) is 1.98. The number of benzene rings is 1. The van der Waals surface area contributed by atoms with Gasteiger partial charge < -0.3 is 14.8 Å². The van der Waals surface area contributed by atoms with Crippen LogP contribution in [-0.4, -0.2) is 46.5 Å². The Balaban J connectivity index is 0.00000132. The molecule has 3 rings (SSSR count). The van der Waals surface area contributed by atoms with Crippen LogP contribution < -0.4 is 5.32 Å². The summed E-state index contributed by atoms with van der Waals surface area (Å²) in [4.78, 5) is 18.4. The van der Waals surface area contributed by atoms with Crippen molar-refractivity contribution in [2.24, 2.45) is 0 Å². The van der Waals surface area contributed by atoms with E-state index in [1.807, 2.05) is 47.0 Å². The van der Waals surface area contributed by atoms with E-state index >= 15 is 0 Å². The van der Waals surface area contributed by atoms with Crippen LogP contribution >= 0.6 is 24.8 Å². The van der Waals surface area contributed by atoms with Crippen LogP contribution in [0, 0.1) is 0 Å². The highest BCUT2D eigenvalue weighted by atomic mass is 35.5. The molecule has 0 aliphatic carbocycles. The number of nitrogens with zero attached hydrogens (tertiary/aromatic N) is 3. The maximum absolute atomic E-state index is 12.5. The van der Waals surface area contributed by atoms with Crippen molar-refractivity contribution in [1.82, 2.24) is 19.8 Å². The van der Waals surface area contributed by atoms with Crippen molar-refractivity contribution >= 4 is 30.7 Å². The Morgan fingerprint density at radius 3 is 2.35 bits per heavy atom. The Kier molecular flexibility index (Phi) is 7.55. The molecular formula is C16H22Cl2N4O. The van der Waals surface area contributed by atoms with Crippen molar-refractivity contribution in [3.63, 3.8) is 0 Å². The zero-order valence-corrected chi connectivity index (χ0v) is 14.6. The summed E-state index contributed by atoms with van der Waals surface area (Å²) < 4.78 is 1.92. The van der Waals surface area contributed by atoms with Gasteiger partial charge in [0.15, 0.2) is 0 Å². The summed E-state index contributed by atoms with van der Waals surface area (Å²) >= 11 is 0. The molecule has 0 atom stereocenters. The lowest BCUT2D eigenvalue weighted by Crippen LogP contribution is -2.43. The number of hydrogen-bond acceptors (Lipinski definition) is 3. The first-order valence-electron chi connectivity index (χ1n) is 7.33. The van der Waals surface area contributed by atoms with Gasteiger partial charge in [0, 0.05) is 42.8 Å². The quantitative estimate of drug-likeness (QED) is 0.919. The summed E-state index contributed by atoms with van der Waals surface area (Å²) in [6.07, 6.45) is 7.43. The number of hydrogen-bond donors (Lipinski definition) is 1. The van der Waals surface area contributed by atoms with Gasteiger partial charge in [0.25, 0.3) is 5.91 Å². The van der Waals surface area contributed by atoms with E-state index in [0.29, 0.717) is 6.04 Å². The molecule has 1 amide bonds. The molecule has 2 heterocycles. The summed E-state index contributed by atoms with van der Waals surface area (Å²) in [5.74, 6) is 0.127. The molecule has 23 heavy (non-hydrogen) atoms. The second-order valence-corrected chi connectivity index (χ2v) is 5.37. The van der Waals surface area contributed by atoms with Gasteiger partial charge in [-0.05, 0) is 44.2 Å². The van der Waals surface area contributed by atoms with Gasteiger partial charge in [-0.2, -0.15) is 0 Å². The molecule has 0 saturated carbocycles. The first-order chi connectivity index (χ1) is 10.3. The van der Waals surface area contributed by atoms with Crippen LogP contribution in [-0.2, 0) is 0 Å². The largest absolute Gasteiger partial charge is 0.339 e. The number of halogens is 2. The van der Waals surface area contributed by atoms with Crippen LogP contribution in [0.5, 0.6) is 0 Å². The van der Waals surface area contributed by atoms with Gasteiger partial charge in [-0.1, -0.05) is 0 Å². The first-order valence-corrected chi connectivity index (χ1v) is 7.33. The van der Waals surface area contributed by atoms with Crippen LogP contribution in [0.25, 0.3) is 5.69 Å². The van der Waals surface area contributed by atoms with Crippen LogP contribution in [0.3, 0.4) is 0 Å². The third-order valence-corrected chi connectivity index (χ3v) is 4.11. The predicted octanol–water partition coefficient (Wildman–Crippen LogP) is 2.54. The molecular weight excluding hydrogens is 335 g/mol. The lowest BCUT2D eigenvalue weighted by atomic mass is 10.0. The number of rotatable bonds is 3. The molecule has 1 fully saturated rings. The maximum atomic E-state index is 12.5. The van der Waals surface area contributed by atoms with E-state index in [1.165, 1.54) is 0 Å². The zero-order chi connectivity index (χ0) is 14.7. The second kappa shape index (κ2) is 8.91. The molecule has 0 radical (unpaired) electrons. The van der Waals surface area contributed by atoms with Crippen LogP contribution in [0.15, 0.2) is 43.0 Å². The van der Waals surface area contributed by atoms with E-state index in [0.717, 1.165) is 37.2 Å². The van der Waals surface area contributed by atoms with Gasteiger partial charge in [0.1, 0.15) is 0 Å². The molecule has 2 aromatic rings. The summed E-state index contributed by atoms with van der Waals surface area (Å²) in [6.45, 7) is 1.65. The summed E-state index contributed by atoms with van der Waals surface area (Å²) in [5, 5.41) is 3.28. The number of piperidine rings is 1. The van der Waals surface area contributed by atoms with E-state index in [2.05, 4.69) is 10.3 Å². The average Bonchev–Trinajstić information content (AvgIpc) is 3.09. The van der Waals surface area contributed by atoms with E-state index in [-0.39, 0.29) is 30.7 Å². The molecule has 1 aliphatic heterocycles. The van der Waals surface area contributed by atoms with Crippen LogP contribution in [0.1, 0.15) is 23.2 Å². The number of carbonyl (C=O) groups excluding carboxylic acids is 1. The molecule has 126 valence electrons. The molecule has 1 N–H and O–H groups in total. The van der Waals surface area contributed by atoms with Crippen molar-refractivity contribution in [3.05, 3.63) is 48.5 Å². The van der Waals surface area contributed by atoms with Gasteiger partial charge in [-0.25, -0.2) is 4.98 Å². The second-order valence-electron chi connectivity index (χ2n) is 5.37. The van der Waals surface area contributed by atoms with Crippen LogP contribution in [0.2, 0.25) is 0 Å². The lowest BCUT2D eigenvalue weighted by Gasteiger charge is -2.31. The highest BCUT2D eigenvalue weighted by Gasteiger charge is 2.22. The highest BCUT2D eigenvalue weighted by molar-refractivity contribution is 5.94. The van der Waals surface area contributed by atoms with Crippen molar-refractivity contribution in [1.29, 1.82) is 0 Å². The van der Waals surface area contributed by atoms with E-state index in [1.54, 1.807) is 12.5 Å². The topological polar surface area (TPSA) is 50.2 Å². The van der Waals surface area contributed by atoms with Crippen molar-refractivity contribution in [3.8, 4) is 5.69 Å². The van der Waals surface area contributed by atoms with Gasteiger partial charge in [0.2, 0.25) is 0 Å². The maximum Gasteiger partial charge on any atom is 0.253 e. The Bertz CT molecular complexity index is 593. The minimum atomic E-state index is 0. The van der Waals surface area contributed by atoms with Gasteiger partial charge >= 0.3 is 0 Å². The SMILES string of the molecule is CNC1CCN(C(=O)c2ccc(-n3ccnc3)cc2)CC1.Cl.Cl. The van der Waals surface area contributed by atoms with Gasteiger partial charge in [-0.3, -0.25) is 4.79 Å². The third-order valence-electron chi connectivity index (χ3n) is 4.11. The Hall–Kier alpha value is -1.56. The first kappa shape index (κ1) is 19.5. The minimum absolute atomic E-state index is 0. The molecule has 0 bridgehead atoms. The molecule has 1 saturated heterocycles. The minimum Gasteiger partial charge on any atom is -0.339 e. The Labute approximate surface area is 148 Å². The fourth-order valence-electron chi connectivity index (χ4n) is 2.74. The molecule has 5 nitrogen and oxygen atoms in total. The number of likely N-dealkylation sites (tertiary alicyclic amines) is 1. The molecule has 1 aliphatic rings. The number of amides is 1. The average molecular weight is 357 g/mol. The van der Waals surface area contributed by atoms with Crippen LogP contribution in [0.4, 0.5) is 0 Å². The van der Waals surface area contributed by atoms with E-state index in [9.17, 15) is 4.79 Å². The zero-order valence-electron chi connectivity index (χ0n) is 13.0. The predicted molar refractivity (Wildman–Crippen MR) is 96.0 cm³/mol. The standard InChI is InChI=1S/C16H20N4O.2ClH/c1-17-14-6-9-19(10-7-14)16(21)13-2-4-15(5-3-13)20-11-8-18-12-20;;/h2-5,8,11-12,14,17H,6-7,9-10H2,1H3;2*1H. The molecule has 7 heteroatoms. The smallest absolute Gasteiger partial charge is 0.253 e. The highest BCUT2D eigenvalue weighted by Crippen LogP contribution is 2.15. The lowest BCUT2D eigenvalue weighted by molar-refractivity contribution is 0.0707. The molecule has 1 aromatic heterocycles. The van der Waals surface area contributed by atoms with Gasteiger partial charge in [0.05, 0.1) is 6.33 Å². The fraction of sp³-hybridized carbons (Fsp3) is 0.375. The van der Waals surface area contributed by atoms with Crippen molar-refractivity contribution < 1.29 is 4.79 Å². The van der Waals surface area contributed by atoms with Crippen molar-refractivity contribution in [2.45, 2.75) is 18.9 Å². The van der Waals surface area contributed by atoms with E-state index < -0.39 is 0 Å². The number of carbonyl (C=O) groups is 1. The molecule has 0 spiro atoms. The van der Waals surface area contributed by atoms with Gasteiger partial charge in [-0.15, -0.1) is 24.8 Å².